The van der Waals surface area contributed by atoms with Crippen LogP contribution in [0.5, 0.6) is 0 Å². The van der Waals surface area contributed by atoms with Crippen molar-refractivity contribution in [2.24, 2.45) is 0 Å². The number of nitrogens with one attached hydrogen (secondary N) is 1. The summed E-state index contributed by atoms with van der Waals surface area (Å²) in [5.41, 5.74) is -0.353. The summed E-state index contributed by atoms with van der Waals surface area (Å²) in [4.78, 5) is 34.6. The number of anilines is 1. The van der Waals surface area contributed by atoms with E-state index in [9.17, 15) is 28.1 Å². The minimum Gasteiger partial charge on any atom is -0.319 e. The largest absolute Gasteiger partial charge is 0.319 e. The molecule has 0 fully saturated rings. The number of nitro benzene ring substituents is 1. The number of sulfonamides is 1. The minimum absolute atomic E-state index is 0.0256. The van der Waals surface area contributed by atoms with Crippen molar-refractivity contribution in [3.8, 4) is 0 Å². The van der Waals surface area contributed by atoms with E-state index in [0.29, 0.717) is 5.56 Å². The van der Waals surface area contributed by atoms with Gasteiger partial charge in [-0.15, -0.1) is 0 Å². The Bertz CT molecular complexity index is 1060. The number of hydrogen-bond donors (Lipinski definition) is 1. The number of rotatable bonds is 6. The second-order valence-electron chi connectivity index (χ2n) is 5.89. The third-order valence-corrected chi connectivity index (χ3v) is 5.56. The molecule has 1 heterocycles. The summed E-state index contributed by atoms with van der Waals surface area (Å²) in [7, 11) is -1.10. The fourth-order valence-corrected chi connectivity index (χ4v) is 3.22. The average Bonchev–Trinajstić information content (AvgIpc) is 2.58. The van der Waals surface area contributed by atoms with Gasteiger partial charge in [-0.3, -0.25) is 19.7 Å². The Hall–Kier alpha value is -3.05. The molecule has 0 saturated heterocycles. The first-order valence-corrected chi connectivity index (χ1v) is 9.15. The van der Waals surface area contributed by atoms with Gasteiger partial charge >= 0.3 is 0 Å². The van der Waals surface area contributed by atoms with Crippen molar-refractivity contribution in [1.29, 1.82) is 0 Å². The molecule has 1 aromatic heterocycles. The predicted octanol–water partition coefficient (Wildman–Crippen LogP) is 0.954. The molecular weight excluding hydrogens is 376 g/mol. The number of nitrogens with zero attached hydrogens (tertiary/aromatic N) is 3. The van der Waals surface area contributed by atoms with Crippen LogP contribution >= 0.6 is 0 Å². The highest BCUT2D eigenvalue weighted by Crippen LogP contribution is 2.27. The molecule has 1 N–H and O–H groups in total. The lowest BCUT2D eigenvalue weighted by molar-refractivity contribution is -0.384. The second-order valence-corrected chi connectivity index (χ2v) is 8.04. The van der Waals surface area contributed by atoms with Crippen molar-refractivity contribution in [2.45, 2.75) is 18.4 Å². The summed E-state index contributed by atoms with van der Waals surface area (Å²) < 4.78 is 26.2. The molecule has 11 heteroatoms. The first kappa shape index (κ1) is 20.3. The topological polar surface area (TPSA) is 132 Å². The second kappa shape index (κ2) is 7.68. The lowest BCUT2D eigenvalue weighted by atomic mass is 10.1. The van der Waals surface area contributed by atoms with Gasteiger partial charge in [0, 0.05) is 32.4 Å². The molecule has 2 aromatic rings. The molecule has 0 atom stereocenters. The summed E-state index contributed by atoms with van der Waals surface area (Å²) in [6.07, 6.45) is 1.06. The van der Waals surface area contributed by atoms with Crippen molar-refractivity contribution in [3.63, 3.8) is 0 Å². The highest BCUT2D eigenvalue weighted by Gasteiger charge is 2.20. The van der Waals surface area contributed by atoms with Gasteiger partial charge in [-0.1, -0.05) is 12.1 Å². The van der Waals surface area contributed by atoms with Crippen LogP contribution in [0.25, 0.3) is 0 Å². The number of benzene rings is 1. The lowest BCUT2D eigenvalue weighted by Crippen LogP contribution is -2.29. The molecule has 0 aliphatic carbocycles. The molecule has 27 heavy (non-hydrogen) atoms. The zero-order valence-electron chi connectivity index (χ0n) is 14.9. The summed E-state index contributed by atoms with van der Waals surface area (Å²) in [5, 5.41) is 13.5. The number of pyridine rings is 1. The van der Waals surface area contributed by atoms with E-state index in [4.69, 9.17) is 0 Å². The molecule has 0 unspecified atom stereocenters. The van der Waals surface area contributed by atoms with Gasteiger partial charge in [0.15, 0.2) is 0 Å². The van der Waals surface area contributed by atoms with Crippen molar-refractivity contribution in [1.82, 2.24) is 8.87 Å². The molecule has 0 spiro atoms. The van der Waals surface area contributed by atoms with Crippen molar-refractivity contribution >= 4 is 27.3 Å². The van der Waals surface area contributed by atoms with Gasteiger partial charge in [-0.05, 0) is 18.6 Å². The van der Waals surface area contributed by atoms with E-state index in [0.717, 1.165) is 27.2 Å². The Morgan fingerprint density at radius 1 is 1.26 bits per heavy atom. The smallest absolute Gasteiger partial charge is 0.293 e. The van der Waals surface area contributed by atoms with Crippen LogP contribution in [0.3, 0.4) is 0 Å². The van der Waals surface area contributed by atoms with E-state index >= 15 is 0 Å². The molecule has 0 radical (unpaired) electrons. The third-order valence-electron chi connectivity index (χ3n) is 3.76. The number of para-hydroxylation sites is 1. The van der Waals surface area contributed by atoms with Gasteiger partial charge in [0.05, 0.1) is 9.82 Å². The van der Waals surface area contributed by atoms with Crippen LogP contribution in [0, 0.1) is 17.0 Å². The molecular formula is C16H18N4O6S. The number of amides is 1. The monoisotopic (exact) mass is 394 g/mol. The number of carbonyl (C=O) groups is 1. The van der Waals surface area contributed by atoms with E-state index in [1.165, 1.54) is 26.2 Å². The van der Waals surface area contributed by atoms with Crippen LogP contribution in [-0.4, -0.2) is 42.2 Å². The van der Waals surface area contributed by atoms with E-state index < -0.39 is 33.0 Å². The van der Waals surface area contributed by atoms with Gasteiger partial charge in [0.2, 0.25) is 15.9 Å². The molecule has 1 aromatic carbocycles. The number of aromatic nitrogens is 1. The Balaban J connectivity index is 2.33. The SMILES string of the molecule is Cc1cccc([N+](=O)[O-])c1NC(=O)Cn1cc(S(=O)(=O)N(C)C)ccc1=O. The maximum Gasteiger partial charge on any atom is 0.293 e. The fraction of sp³-hybridized carbons (Fsp3) is 0.250. The van der Waals surface area contributed by atoms with E-state index in [2.05, 4.69) is 5.32 Å². The van der Waals surface area contributed by atoms with Crippen molar-refractivity contribution in [2.75, 3.05) is 19.4 Å². The molecule has 10 nitrogen and oxygen atoms in total. The van der Waals surface area contributed by atoms with Crippen molar-refractivity contribution < 1.29 is 18.1 Å². The van der Waals surface area contributed by atoms with Crippen LogP contribution in [0.1, 0.15) is 5.56 Å². The molecule has 0 bridgehead atoms. The zero-order chi connectivity index (χ0) is 20.4. The quantitative estimate of drug-likeness (QED) is 0.573. The van der Waals surface area contributed by atoms with Gasteiger partial charge in [0.1, 0.15) is 12.2 Å². The molecule has 0 aliphatic heterocycles. The predicted molar refractivity (Wildman–Crippen MR) is 98.0 cm³/mol. The Morgan fingerprint density at radius 2 is 1.93 bits per heavy atom. The van der Waals surface area contributed by atoms with Crippen LogP contribution in [0.15, 0.2) is 46.2 Å². The van der Waals surface area contributed by atoms with E-state index in [1.54, 1.807) is 13.0 Å². The Kier molecular flexibility index (Phi) is 5.76. The highest BCUT2D eigenvalue weighted by atomic mass is 32.2. The number of nitro groups is 1. The first-order valence-electron chi connectivity index (χ1n) is 7.71. The Labute approximate surface area is 155 Å². The van der Waals surface area contributed by atoms with Crippen LogP contribution < -0.4 is 10.9 Å². The van der Waals surface area contributed by atoms with Crippen LogP contribution in [-0.2, 0) is 21.4 Å². The summed E-state index contributed by atoms with van der Waals surface area (Å²) in [6, 6.07) is 6.53. The molecule has 0 saturated carbocycles. The maximum absolute atomic E-state index is 12.3. The fourth-order valence-electron chi connectivity index (χ4n) is 2.30. The minimum atomic E-state index is -3.78. The third kappa shape index (κ3) is 4.38. The standard InChI is InChI=1S/C16H18N4O6S/c1-11-5-4-6-13(20(23)24)16(11)17-14(21)10-19-9-12(7-8-15(19)22)27(25,26)18(2)3/h4-9H,10H2,1-3H3,(H,17,21). The van der Waals surface area contributed by atoms with Crippen LogP contribution in [0.4, 0.5) is 11.4 Å². The van der Waals surface area contributed by atoms with Gasteiger partial charge in [0.25, 0.3) is 11.2 Å². The number of aryl methyl sites for hydroxylation is 1. The molecule has 1 amide bonds. The van der Waals surface area contributed by atoms with E-state index in [1.807, 2.05) is 0 Å². The van der Waals surface area contributed by atoms with Gasteiger partial charge in [-0.2, -0.15) is 0 Å². The average molecular weight is 394 g/mol. The normalized spacial score (nSPS) is 11.4. The number of hydrogen-bond acceptors (Lipinski definition) is 6. The first-order chi connectivity index (χ1) is 12.5. The van der Waals surface area contributed by atoms with Crippen LogP contribution in [0.2, 0.25) is 0 Å². The molecule has 2 rings (SSSR count). The lowest BCUT2D eigenvalue weighted by Gasteiger charge is -2.13. The molecule has 144 valence electrons. The van der Waals surface area contributed by atoms with Crippen molar-refractivity contribution in [3.05, 3.63) is 62.6 Å². The van der Waals surface area contributed by atoms with Gasteiger partial charge in [-0.25, -0.2) is 12.7 Å². The number of carbonyl (C=O) groups excluding carboxylic acids is 1. The highest BCUT2D eigenvalue weighted by molar-refractivity contribution is 7.89. The molecule has 0 aliphatic rings. The van der Waals surface area contributed by atoms with Gasteiger partial charge < -0.3 is 9.88 Å². The Morgan fingerprint density at radius 3 is 2.52 bits per heavy atom. The maximum atomic E-state index is 12.3. The summed E-state index contributed by atoms with van der Waals surface area (Å²) >= 11 is 0. The summed E-state index contributed by atoms with van der Waals surface area (Å²) in [5.74, 6) is -0.700. The summed E-state index contributed by atoms with van der Waals surface area (Å²) in [6.45, 7) is 1.10. The zero-order valence-corrected chi connectivity index (χ0v) is 15.7. The van der Waals surface area contributed by atoms with E-state index in [-0.39, 0.29) is 16.3 Å².